The van der Waals surface area contributed by atoms with E-state index in [-0.39, 0.29) is 34.0 Å². The van der Waals surface area contributed by atoms with Crippen LogP contribution in [0.25, 0.3) is 32.9 Å². The molecule has 0 aliphatic rings. The molecule has 0 radical (unpaired) electrons. The van der Waals surface area contributed by atoms with Gasteiger partial charge in [-0.3, -0.25) is 29.1 Å². The van der Waals surface area contributed by atoms with E-state index >= 15 is 0 Å². The minimum absolute atomic E-state index is 0.128. The number of fused-ring (bicyclic) bond motifs is 2. The molecule has 8 rings (SSSR count). The van der Waals surface area contributed by atoms with Crippen LogP contribution in [0, 0.1) is 0 Å². The fourth-order valence-electron chi connectivity index (χ4n) is 7.31. The molecule has 306 valence electrons. The lowest BCUT2D eigenvalue weighted by Crippen LogP contribution is -2.45. The van der Waals surface area contributed by atoms with Gasteiger partial charge in [0, 0.05) is 52.6 Å². The number of carbonyl (C=O) groups is 4. The highest BCUT2D eigenvalue weighted by Crippen LogP contribution is 2.36. The van der Waals surface area contributed by atoms with Crippen molar-refractivity contribution in [3.63, 3.8) is 0 Å². The smallest absolute Gasteiger partial charge is 0.253 e. The van der Waals surface area contributed by atoms with E-state index in [0.717, 1.165) is 22.0 Å². The molecular weight excluding hydrogens is 819 g/mol. The van der Waals surface area contributed by atoms with Crippen LogP contribution < -0.4 is 21.3 Å². The number of nitrogens with one attached hydrogen (secondary N) is 4. The van der Waals surface area contributed by atoms with Crippen molar-refractivity contribution in [2.75, 3.05) is 10.6 Å². The summed E-state index contributed by atoms with van der Waals surface area (Å²) in [5.41, 5.74) is 4.80. The fraction of sp³-hybridized carbons (Fsp3) is 0.0800. The number of rotatable bonds is 13. The van der Waals surface area contributed by atoms with Crippen LogP contribution in [0.15, 0.2) is 170 Å². The first-order valence-electron chi connectivity index (χ1n) is 19.8. The Bertz CT molecular complexity index is 2940. The van der Waals surface area contributed by atoms with E-state index in [1.807, 2.05) is 84.9 Å². The monoisotopic (exact) mass is 856 g/mol. The van der Waals surface area contributed by atoms with Gasteiger partial charge < -0.3 is 21.3 Å². The summed E-state index contributed by atoms with van der Waals surface area (Å²) in [5.74, 6) is -1.89. The topological polar surface area (TPSA) is 142 Å². The Morgan fingerprint density at radius 3 is 1.69 bits per heavy atom. The van der Waals surface area contributed by atoms with Crippen LogP contribution in [-0.4, -0.2) is 45.7 Å². The van der Waals surface area contributed by atoms with Crippen LogP contribution >= 0.6 is 23.2 Å². The van der Waals surface area contributed by atoms with Gasteiger partial charge in [-0.25, -0.2) is 0 Å². The van der Waals surface area contributed by atoms with Gasteiger partial charge in [0.2, 0.25) is 11.8 Å². The molecule has 10 nitrogen and oxygen atoms in total. The summed E-state index contributed by atoms with van der Waals surface area (Å²) in [6.45, 7) is 0. The Morgan fingerprint density at radius 1 is 0.484 bits per heavy atom. The van der Waals surface area contributed by atoms with E-state index in [0.29, 0.717) is 33.4 Å². The van der Waals surface area contributed by atoms with Crippen molar-refractivity contribution >= 4 is 79.9 Å². The van der Waals surface area contributed by atoms with Crippen LogP contribution in [0.2, 0.25) is 10.0 Å². The number of aromatic nitrogens is 2. The highest BCUT2D eigenvalue weighted by molar-refractivity contribution is 6.37. The number of benzene rings is 6. The van der Waals surface area contributed by atoms with Crippen molar-refractivity contribution in [3.8, 4) is 11.3 Å². The maximum atomic E-state index is 14.1. The van der Waals surface area contributed by atoms with Gasteiger partial charge in [-0.15, -0.1) is 0 Å². The van der Waals surface area contributed by atoms with E-state index < -0.39 is 35.7 Å². The second-order valence-corrected chi connectivity index (χ2v) is 15.3. The molecule has 2 atom stereocenters. The number of anilines is 2. The molecule has 0 bridgehead atoms. The first-order chi connectivity index (χ1) is 30.2. The zero-order chi connectivity index (χ0) is 43.0. The third kappa shape index (κ3) is 9.32. The summed E-state index contributed by atoms with van der Waals surface area (Å²) < 4.78 is 0. The molecule has 12 heteroatoms. The van der Waals surface area contributed by atoms with Crippen LogP contribution in [0.5, 0.6) is 0 Å². The first kappa shape index (κ1) is 41.3. The number of amides is 4. The van der Waals surface area contributed by atoms with Crippen molar-refractivity contribution < 1.29 is 19.2 Å². The van der Waals surface area contributed by atoms with E-state index in [4.69, 9.17) is 23.2 Å². The normalized spacial score (nSPS) is 12.0. The second-order valence-electron chi connectivity index (χ2n) is 14.5. The molecule has 8 aromatic rings. The van der Waals surface area contributed by atoms with Crippen molar-refractivity contribution in [2.24, 2.45) is 0 Å². The molecule has 0 fully saturated rings. The summed E-state index contributed by atoms with van der Waals surface area (Å²) in [6, 6.07) is 44.9. The van der Waals surface area contributed by atoms with Crippen LogP contribution in [0.4, 0.5) is 11.4 Å². The van der Waals surface area contributed by atoms with Crippen LogP contribution in [-0.2, 0) is 22.4 Å². The lowest BCUT2D eigenvalue weighted by atomic mass is 9.99. The molecule has 0 aliphatic carbocycles. The van der Waals surface area contributed by atoms with Crippen LogP contribution in [0.1, 0.15) is 31.8 Å². The van der Waals surface area contributed by atoms with Gasteiger partial charge in [-0.1, -0.05) is 126 Å². The Kier molecular flexibility index (Phi) is 12.6. The minimum atomic E-state index is -0.974. The van der Waals surface area contributed by atoms with Gasteiger partial charge in [0.1, 0.15) is 12.1 Å². The lowest BCUT2D eigenvalue weighted by molar-refractivity contribution is -0.118. The molecule has 0 spiro atoms. The third-order valence-electron chi connectivity index (χ3n) is 10.4. The van der Waals surface area contributed by atoms with Gasteiger partial charge >= 0.3 is 0 Å². The molecule has 0 aliphatic heterocycles. The SMILES string of the molecule is O=C(NC(Cc1ccccc1)C(=O)Nc1cccc2c(-c3cccc(C(=O)NC(Cc4ccccc4)C(=O)Nc4cccc5ncccc45)c3Cl)nccc12)c1ccccc1Cl. The van der Waals surface area contributed by atoms with Crippen molar-refractivity contribution in [3.05, 3.63) is 202 Å². The van der Waals surface area contributed by atoms with Gasteiger partial charge in [-0.05, 0) is 65.7 Å². The molecule has 2 heterocycles. The number of nitrogens with zero attached hydrogens (tertiary/aromatic N) is 2. The van der Waals surface area contributed by atoms with Gasteiger partial charge in [0.25, 0.3) is 11.8 Å². The molecule has 0 saturated heterocycles. The Hall–Kier alpha value is -7.40. The maximum Gasteiger partial charge on any atom is 0.253 e. The fourth-order valence-corrected chi connectivity index (χ4v) is 7.83. The predicted octanol–water partition coefficient (Wildman–Crippen LogP) is 9.72. The summed E-state index contributed by atoms with van der Waals surface area (Å²) in [7, 11) is 0. The molecule has 6 aromatic carbocycles. The summed E-state index contributed by atoms with van der Waals surface area (Å²) >= 11 is 13.4. The van der Waals surface area contributed by atoms with Crippen molar-refractivity contribution in [1.82, 2.24) is 20.6 Å². The van der Waals surface area contributed by atoms with E-state index in [2.05, 4.69) is 31.2 Å². The average molecular weight is 858 g/mol. The zero-order valence-electron chi connectivity index (χ0n) is 33.0. The maximum absolute atomic E-state index is 14.1. The summed E-state index contributed by atoms with van der Waals surface area (Å²) in [5, 5.41) is 14.3. The molecule has 0 saturated carbocycles. The number of pyridine rings is 2. The Labute approximate surface area is 367 Å². The third-order valence-corrected chi connectivity index (χ3v) is 11.1. The quantitative estimate of drug-likeness (QED) is 0.0910. The standard InChI is InChI=1S/C50H38Cl2N6O4/c51-39-22-8-7-17-35(39)47(59)57-43(29-31-13-3-1-4-14-31)49(61)55-41-24-10-18-34-33(41)26-28-54-46(34)37-19-9-20-38(45(37)52)48(60)58-44(30-32-15-5-2-6-16-32)50(62)56-42-25-11-23-40-36(42)21-12-27-53-40/h1-28,43-44H,29-30H2,(H,55,61)(H,56,62)(H,57,59)(H,58,60). The van der Waals surface area contributed by atoms with Crippen molar-refractivity contribution in [1.29, 1.82) is 0 Å². The molecule has 2 unspecified atom stereocenters. The molecular formula is C50H38Cl2N6O4. The number of hydrogen-bond donors (Lipinski definition) is 4. The molecule has 2 aromatic heterocycles. The second kappa shape index (κ2) is 18.9. The molecule has 62 heavy (non-hydrogen) atoms. The zero-order valence-corrected chi connectivity index (χ0v) is 34.5. The average Bonchev–Trinajstić information content (AvgIpc) is 3.29. The van der Waals surface area contributed by atoms with Gasteiger partial charge in [0.05, 0.1) is 38.1 Å². The summed E-state index contributed by atoms with van der Waals surface area (Å²) in [6.07, 6.45) is 3.72. The Balaban J connectivity index is 1.06. The number of carbonyl (C=O) groups excluding carboxylic acids is 4. The van der Waals surface area contributed by atoms with Crippen molar-refractivity contribution in [2.45, 2.75) is 24.9 Å². The highest BCUT2D eigenvalue weighted by Gasteiger charge is 2.27. The highest BCUT2D eigenvalue weighted by atomic mass is 35.5. The van der Waals surface area contributed by atoms with E-state index in [1.54, 1.807) is 85.2 Å². The van der Waals surface area contributed by atoms with E-state index in [1.165, 1.54) is 0 Å². The lowest BCUT2D eigenvalue weighted by Gasteiger charge is -2.21. The van der Waals surface area contributed by atoms with Gasteiger partial charge in [0.15, 0.2) is 0 Å². The predicted molar refractivity (Wildman–Crippen MR) is 245 cm³/mol. The molecule has 4 amide bonds. The first-order valence-corrected chi connectivity index (χ1v) is 20.6. The van der Waals surface area contributed by atoms with Gasteiger partial charge in [-0.2, -0.15) is 0 Å². The largest absolute Gasteiger partial charge is 0.340 e. The Morgan fingerprint density at radius 2 is 1.03 bits per heavy atom. The minimum Gasteiger partial charge on any atom is -0.340 e. The number of halogens is 2. The summed E-state index contributed by atoms with van der Waals surface area (Å²) in [4.78, 5) is 64.7. The van der Waals surface area contributed by atoms with E-state index in [9.17, 15) is 19.2 Å². The molecule has 4 N–H and O–H groups in total. The number of hydrogen-bond acceptors (Lipinski definition) is 6. The van der Waals surface area contributed by atoms with Crippen LogP contribution in [0.3, 0.4) is 0 Å².